The van der Waals surface area contributed by atoms with Gasteiger partial charge in [0.05, 0.1) is 11.1 Å². The summed E-state index contributed by atoms with van der Waals surface area (Å²) in [6, 6.07) is 7.59. The Morgan fingerprint density at radius 2 is 2.15 bits per heavy atom. The maximum absolute atomic E-state index is 12.6. The second kappa shape index (κ2) is 6.76. The quantitative estimate of drug-likeness (QED) is 0.616. The summed E-state index contributed by atoms with van der Waals surface area (Å²) in [5.41, 5.74) is 3.24. The van der Waals surface area contributed by atoms with Gasteiger partial charge in [-0.25, -0.2) is 4.79 Å². The zero-order valence-corrected chi connectivity index (χ0v) is 15.5. The molecule has 0 saturated carbocycles. The monoisotopic (exact) mass is 369 g/mol. The summed E-state index contributed by atoms with van der Waals surface area (Å²) in [4.78, 5) is 16.8. The highest BCUT2D eigenvalue weighted by atomic mass is 35.5. The van der Waals surface area contributed by atoms with Gasteiger partial charge >= 0.3 is 5.63 Å². The van der Waals surface area contributed by atoms with E-state index in [0.717, 1.165) is 34.9 Å². The maximum atomic E-state index is 12.6. The molecule has 0 bridgehead atoms. The number of aryl methyl sites for hydroxylation is 1. The van der Waals surface area contributed by atoms with Crippen molar-refractivity contribution in [2.24, 2.45) is 0 Å². The van der Waals surface area contributed by atoms with E-state index in [9.17, 15) is 4.79 Å². The van der Waals surface area contributed by atoms with Crippen LogP contribution in [0.2, 0.25) is 5.02 Å². The van der Waals surface area contributed by atoms with E-state index in [4.69, 9.17) is 20.8 Å². The van der Waals surface area contributed by atoms with E-state index in [0.29, 0.717) is 22.8 Å². The second-order valence-corrected chi connectivity index (χ2v) is 7.43. The van der Waals surface area contributed by atoms with Crippen molar-refractivity contribution in [2.75, 3.05) is 0 Å². The molecule has 0 radical (unpaired) electrons. The van der Waals surface area contributed by atoms with Crippen LogP contribution in [0.15, 0.2) is 45.9 Å². The van der Waals surface area contributed by atoms with Gasteiger partial charge in [-0.3, -0.25) is 4.98 Å². The largest absolute Gasteiger partial charge is 0.489 e. The van der Waals surface area contributed by atoms with E-state index in [1.165, 1.54) is 0 Å². The minimum atomic E-state index is -0.265. The zero-order chi connectivity index (χ0) is 18.3. The van der Waals surface area contributed by atoms with Crippen LogP contribution >= 0.6 is 11.6 Å². The minimum Gasteiger partial charge on any atom is -0.489 e. The highest BCUT2D eigenvalue weighted by Gasteiger charge is 2.26. The Labute approximate surface area is 156 Å². The molecule has 4 nitrogen and oxygen atoms in total. The summed E-state index contributed by atoms with van der Waals surface area (Å²) in [7, 11) is 0. The molecule has 0 spiro atoms. The molecule has 0 aliphatic heterocycles. The van der Waals surface area contributed by atoms with Gasteiger partial charge in [-0.2, -0.15) is 0 Å². The van der Waals surface area contributed by atoms with E-state index in [1.54, 1.807) is 12.3 Å². The highest BCUT2D eigenvalue weighted by Crippen LogP contribution is 2.37. The van der Waals surface area contributed by atoms with Crippen molar-refractivity contribution < 1.29 is 9.15 Å². The molecule has 5 heteroatoms. The summed E-state index contributed by atoms with van der Waals surface area (Å²) >= 11 is 6.40. The van der Waals surface area contributed by atoms with Gasteiger partial charge in [-0.1, -0.05) is 17.7 Å². The molecule has 2 aromatic heterocycles. The standard InChI is InChI=1S/C21H20ClNO3/c1-12(2)25-20-10-19-16(9-18(20)22)15-6-5-13(8-17(15)21(24)26-19)14-4-3-7-23-11-14/h3-4,7,9-13H,5-6,8H2,1-2H3. The second-order valence-electron chi connectivity index (χ2n) is 7.02. The predicted octanol–water partition coefficient (Wildman–Crippen LogP) is 4.90. The number of fused-ring (bicyclic) bond motifs is 3. The SMILES string of the molecule is CC(C)Oc1cc2oc(=O)c3c(c2cc1Cl)CCC(c1cccnc1)C3. The summed E-state index contributed by atoms with van der Waals surface area (Å²) < 4.78 is 11.3. The number of benzene rings is 1. The summed E-state index contributed by atoms with van der Waals surface area (Å²) in [5.74, 6) is 0.830. The Morgan fingerprint density at radius 3 is 2.88 bits per heavy atom. The normalized spacial score (nSPS) is 16.7. The number of aromatic nitrogens is 1. The first kappa shape index (κ1) is 17.1. The van der Waals surface area contributed by atoms with E-state index in [1.807, 2.05) is 32.2 Å². The first-order chi connectivity index (χ1) is 12.5. The van der Waals surface area contributed by atoms with Crippen molar-refractivity contribution in [3.05, 3.63) is 68.8 Å². The van der Waals surface area contributed by atoms with E-state index >= 15 is 0 Å². The molecule has 1 aliphatic carbocycles. The number of ether oxygens (including phenoxy) is 1. The maximum Gasteiger partial charge on any atom is 0.339 e. The van der Waals surface area contributed by atoms with Crippen molar-refractivity contribution in [1.29, 1.82) is 0 Å². The number of halogens is 1. The zero-order valence-electron chi connectivity index (χ0n) is 14.8. The molecule has 1 aliphatic rings. The average molecular weight is 370 g/mol. The van der Waals surface area contributed by atoms with Crippen LogP contribution in [0, 0.1) is 0 Å². The fourth-order valence-corrected chi connectivity index (χ4v) is 3.92. The average Bonchev–Trinajstić information content (AvgIpc) is 2.63. The highest BCUT2D eigenvalue weighted by molar-refractivity contribution is 6.32. The van der Waals surface area contributed by atoms with Gasteiger partial charge in [0.2, 0.25) is 0 Å². The van der Waals surface area contributed by atoms with Crippen LogP contribution in [-0.2, 0) is 12.8 Å². The van der Waals surface area contributed by atoms with Gasteiger partial charge in [0.1, 0.15) is 11.3 Å². The van der Waals surface area contributed by atoms with Crippen molar-refractivity contribution in [1.82, 2.24) is 4.98 Å². The van der Waals surface area contributed by atoms with Crippen LogP contribution in [-0.4, -0.2) is 11.1 Å². The minimum absolute atomic E-state index is 0.00506. The molecule has 0 saturated heterocycles. The van der Waals surface area contributed by atoms with Gasteiger partial charge in [-0.15, -0.1) is 0 Å². The van der Waals surface area contributed by atoms with E-state index in [2.05, 4.69) is 11.1 Å². The molecule has 1 atom stereocenters. The molecule has 0 amide bonds. The topological polar surface area (TPSA) is 52.3 Å². The summed E-state index contributed by atoms with van der Waals surface area (Å²) in [6.07, 6.45) is 6.10. The van der Waals surface area contributed by atoms with Crippen LogP contribution in [0.5, 0.6) is 5.75 Å². The lowest BCUT2D eigenvalue weighted by Gasteiger charge is -2.25. The molecule has 4 rings (SSSR count). The molecule has 134 valence electrons. The lowest BCUT2D eigenvalue weighted by atomic mass is 9.80. The Hall–Kier alpha value is -2.33. The van der Waals surface area contributed by atoms with Crippen LogP contribution in [0.25, 0.3) is 11.0 Å². The molecular formula is C21H20ClNO3. The van der Waals surface area contributed by atoms with Crippen LogP contribution in [0.1, 0.15) is 42.9 Å². The Balaban J connectivity index is 1.79. The van der Waals surface area contributed by atoms with Gasteiger partial charge in [0, 0.05) is 29.4 Å². The lowest BCUT2D eigenvalue weighted by Crippen LogP contribution is -2.21. The lowest BCUT2D eigenvalue weighted by molar-refractivity contribution is 0.242. The van der Waals surface area contributed by atoms with Crippen molar-refractivity contribution in [3.8, 4) is 5.75 Å². The predicted molar refractivity (Wildman–Crippen MR) is 102 cm³/mol. The molecule has 2 heterocycles. The fourth-order valence-electron chi connectivity index (χ4n) is 3.71. The third kappa shape index (κ3) is 3.10. The van der Waals surface area contributed by atoms with Crippen LogP contribution in [0.3, 0.4) is 0 Å². The van der Waals surface area contributed by atoms with E-state index < -0.39 is 0 Å². The number of hydrogen-bond acceptors (Lipinski definition) is 4. The molecule has 1 unspecified atom stereocenters. The van der Waals surface area contributed by atoms with Crippen LogP contribution in [0.4, 0.5) is 0 Å². The van der Waals surface area contributed by atoms with Gasteiger partial charge in [0.25, 0.3) is 0 Å². The van der Waals surface area contributed by atoms with Crippen molar-refractivity contribution in [2.45, 2.75) is 45.1 Å². The smallest absolute Gasteiger partial charge is 0.339 e. The third-order valence-electron chi connectivity index (χ3n) is 4.88. The van der Waals surface area contributed by atoms with E-state index in [-0.39, 0.29) is 17.6 Å². The van der Waals surface area contributed by atoms with Crippen molar-refractivity contribution >= 4 is 22.6 Å². The van der Waals surface area contributed by atoms with Gasteiger partial charge in [0.15, 0.2) is 0 Å². The van der Waals surface area contributed by atoms with Gasteiger partial charge < -0.3 is 9.15 Å². The summed E-state index contributed by atoms with van der Waals surface area (Å²) in [6.45, 7) is 3.87. The molecule has 3 aromatic rings. The first-order valence-corrected chi connectivity index (χ1v) is 9.25. The fraction of sp³-hybridized carbons (Fsp3) is 0.333. The van der Waals surface area contributed by atoms with Crippen molar-refractivity contribution in [3.63, 3.8) is 0 Å². The molecule has 0 fully saturated rings. The Morgan fingerprint density at radius 1 is 1.31 bits per heavy atom. The number of nitrogens with zero attached hydrogens (tertiary/aromatic N) is 1. The number of rotatable bonds is 3. The van der Waals surface area contributed by atoms with Crippen LogP contribution < -0.4 is 10.4 Å². The third-order valence-corrected chi connectivity index (χ3v) is 5.18. The number of hydrogen-bond donors (Lipinski definition) is 0. The molecule has 0 N–H and O–H groups in total. The first-order valence-electron chi connectivity index (χ1n) is 8.87. The molecular weight excluding hydrogens is 350 g/mol. The molecule has 26 heavy (non-hydrogen) atoms. The Bertz CT molecular complexity index is 1010. The molecule has 1 aromatic carbocycles. The number of pyridine rings is 1. The summed E-state index contributed by atoms with van der Waals surface area (Å²) in [5, 5.41) is 1.45. The van der Waals surface area contributed by atoms with Gasteiger partial charge in [-0.05, 0) is 62.3 Å². The Kier molecular flexibility index (Phi) is 4.45.